The predicted molar refractivity (Wildman–Crippen MR) is 149 cm³/mol. The molecule has 0 aromatic heterocycles. The molecular weight excluding hydrogens is 611 g/mol. The molecule has 220 valence electrons. The summed E-state index contributed by atoms with van der Waals surface area (Å²) in [6.07, 6.45) is -0.848. The molecule has 0 radical (unpaired) electrons. The molecule has 0 bridgehead atoms. The molecule has 16 heteroatoms. The van der Waals surface area contributed by atoms with Gasteiger partial charge >= 0.3 is 12.1 Å². The topological polar surface area (TPSA) is 163 Å². The summed E-state index contributed by atoms with van der Waals surface area (Å²) in [6, 6.07) is 5.79. The van der Waals surface area contributed by atoms with Crippen molar-refractivity contribution in [2.45, 2.75) is 61.5 Å². The molecule has 1 fully saturated rings. The summed E-state index contributed by atoms with van der Waals surface area (Å²) in [5.74, 6) is -3.37. The van der Waals surface area contributed by atoms with E-state index < -0.39 is 73.9 Å². The maximum atomic E-state index is 13.4. The highest BCUT2D eigenvalue weighted by atomic mass is 35.6. The number of allylic oxidation sites excluding steroid dienone is 1. The Morgan fingerprint density at radius 2 is 1.70 bits per heavy atom. The van der Waals surface area contributed by atoms with Crippen molar-refractivity contribution in [1.82, 2.24) is 21.1 Å². The molecule has 0 spiro atoms. The first kappa shape index (κ1) is 33.5. The van der Waals surface area contributed by atoms with E-state index in [9.17, 15) is 29.1 Å². The van der Waals surface area contributed by atoms with E-state index in [1.165, 1.54) is 6.92 Å². The van der Waals surface area contributed by atoms with Gasteiger partial charge in [0.1, 0.15) is 35.4 Å². The van der Waals surface area contributed by atoms with Crippen LogP contribution in [0.2, 0.25) is 0 Å². The van der Waals surface area contributed by atoms with Crippen molar-refractivity contribution in [3.05, 3.63) is 47.4 Å². The zero-order valence-electron chi connectivity index (χ0n) is 22.1. The van der Waals surface area contributed by atoms with Gasteiger partial charge in [-0.3, -0.25) is 24.7 Å². The zero-order chi connectivity index (χ0) is 30.4. The summed E-state index contributed by atoms with van der Waals surface area (Å²) < 4.78 is 8.12. The van der Waals surface area contributed by atoms with E-state index in [4.69, 9.17) is 44.3 Å². The van der Waals surface area contributed by atoms with Crippen LogP contribution in [0.15, 0.2) is 41.8 Å². The highest BCUT2D eigenvalue weighted by Gasteiger charge is 2.53. The van der Waals surface area contributed by atoms with Crippen LogP contribution in [-0.4, -0.2) is 66.4 Å². The van der Waals surface area contributed by atoms with Crippen molar-refractivity contribution in [2.24, 2.45) is 0 Å². The number of hydrogen-bond donors (Lipinski definition) is 4. The van der Waals surface area contributed by atoms with Gasteiger partial charge in [-0.25, -0.2) is 15.0 Å². The largest absolute Gasteiger partial charge is 0.510 e. The van der Waals surface area contributed by atoms with Crippen molar-refractivity contribution < 1.29 is 38.6 Å². The minimum atomic E-state index is -1.96. The highest BCUT2D eigenvalue weighted by Crippen LogP contribution is 2.36. The van der Waals surface area contributed by atoms with Crippen LogP contribution >= 0.6 is 46.6 Å². The molecule has 2 unspecified atom stereocenters. The number of alkyl halides is 3. The second-order valence-corrected chi connectivity index (χ2v) is 13.2. The molecule has 1 heterocycles. The number of nitrogens with zero attached hydrogens (tertiary/aromatic N) is 1. The predicted octanol–water partition coefficient (Wildman–Crippen LogP) is 3.39. The van der Waals surface area contributed by atoms with E-state index in [1.54, 1.807) is 51.1 Å². The normalized spacial score (nSPS) is 18.6. The van der Waals surface area contributed by atoms with E-state index in [0.29, 0.717) is 17.3 Å². The van der Waals surface area contributed by atoms with Gasteiger partial charge in [-0.15, -0.1) is 0 Å². The summed E-state index contributed by atoms with van der Waals surface area (Å²) in [5.41, 5.74) is 3.93. The minimum absolute atomic E-state index is 0.428. The van der Waals surface area contributed by atoms with Crippen molar-refractivity contribution in [2.75, 3.05) is 6.61 Å². The van der Waals surface area contributed by atoms with E-state index in [-0.39, 0.29) is 0 Å². The number of likely N-dealkylation sites (tertiary alicyclic amines) is 1. The summed E-state index contributed by atoms with van der Waals surface area (Å²) in [7, 11) is 0. The Morgan fingerprint density at radius 1 is 1.10 bits per heavy atom. The second kappa shape index (κ2) is 13.8. The van der Waals surface area contributed by atoms with Gasteiger partial charge in [0, 0.05) is 6.92 Å². The first-order valence-electron chi connectivity index (χ1n) is 11.6. The monoisotopic (exact) mass is 638 g/mol. The molecule has 40 heavy (non-hydrogen) atoms. The number of halogens is 3. The number of benzene rings is 1. The average Bonchev–Trinajstić information content (AvgIpc) is 2.82. The van der Waals surface area contributed by atoms with E-state index in [1.807, 2.05) is 0 Å². The summed E-state index contributed by atoms with van der Waals surface area (Å²) >= 11 is 17.5. The van der Waals surface area contributed by atoms with Gasteiger partial charge in [0.15, 0.2) is 10.8 Å². The molecule has 1 aliphatic rings. The molecule has 3 atom stereocenters. The van der Waals surface area contributed by atoms with Crippen LogP contribution in [0.1, 0.15) is 46.2 Å². The fourth-order valence-corrected chi connectivity index (χ4v) is 4.52. The zero-order valence-corrected chi connectivity index (χ0v) is 25.2. The average molecular weight is 640 g/mol. The van der Waals surface area contributed by atoms with Gasteiger partial charge in [-0.05, 0) is 33.3 Å². The molecular formula is C24H29Cl3N4O8S. The maximum Gasteiger partial charge on any atom is 0.422 e. The number of hydrazine groups is 1. The Balaban J connectivity index is 2.28. The molecule has 1 aromatic carbocycles. The number of β-lactam (4-membered cyclic amide) rings is 1. The molecule has 1 aliphatic heterocycles. The van der Waals surface area contributed by atoms with Gasteiger partial charge in [0.25, 0.3) is 5.91 Å². The second-order valence-electron chi connectivity index (χ2n) is 9.43. The molecule has 3 amide bonds. The van der Waals surface area contributed by atoms with Gasteiger partial charge < -0.3 is 19.9 Å². The number of thioether (sulfide) groups is 1. The third-order valence-electron chi connectivity index (χ3n) is 4.88. The van der Waals surface area contributed by atoms with Gasteiger partial charge in [0.2, 0.25) is 9.70 Å². The maximum absolute atomic E-state index is 13.4. The molecule has 1 aromatic rings. The lowest BCUT2D eigenvalue weighted by Gasteiger charge is -2.46. The molecule has 12 nitrogen and oxygen atoms in total. The van der Waals surface area contributed by atoms with E-state index in [2.05, 4.69) is 16.2 Å². The van der Waals surface area contributed by atoms with Crippen molar-refractivity contribution in [3.63, 3.8) is 0 Å². The Labute approximate surface area is 250 Å². The summed E-state index contributed by atoms with van der Waals surface area (Å²) in [6.45, 7) is 6.66. The molecule has 2 rings (SSSR count). The molecule has 4 N–H and O–H groups in total. The smallest absolute Gasteiger partial charge is 0.422 e. The lowest BCUT2D eigenvalue weighted by molar-refractivity contribution is -0.153. The lowest BCUT2D eigenvalue weighted by atomic mass is 10.0. The van der Waals surface area contributed by atoms with Crippen molar-refractivity contribution >= 4 is 75.6 Å². The first-order valence-corrected chi connectivity index (χ1v) is 13.7. The van der Waals surface area contributed by atoms with Crippen LogP contribution in [0, 0.1) is 0 Å². The number of carbonyl (C=O) groups is 5. The lowest BCUT2D eigenvalue weighted by Crippen LogP contribution is -2.70. The number of amides is 3. The number of carbonyl (C=O) groups excluding carboxylic acids is 5. The van der Waals surface area contributed by atoms with Crippen LogP contribution in [0.5, 0.6) is 0 Å². The van der Waals surface area contributed by atoms with Crippen LogP contribution in [0.25, 0.3) is 0 Å². The fourth-order valence-electron chi connectivity index (χ4n) is 3.38. The number of aliphatic hydroxyl groups excluding tert-OH is 1. The number of nitrogens with one attached hydrogen (secondary N) is 3. The number of rotatable bonds is 9. The van der Waals surface area contributed by atoms with Crippen LogP contribution < -0.4 is 16.2 Å². The minimum Gasteiger partial charge on any atom is -0.510 e. The van der Waals surface area contributed by atoms with Crippen LogP contribution in [0.4, 0.5) is 4.79 Å². The first-order chi connectivity index (χ1) is 18.4. The fraction of sp³-hybridized carbons (Fsp3) is 0.458. The number of hydrogen-bond acceptors (Lipinski definition) is 10. The Bertz CT molecular complexity index is 1170. The van der Waals surface area contributed by atoms with Gasteiger partial charge in [-0.2, -0.15) is 0 Å². The molecule has 1 saturated heterocycles. The van der Waals surface area contributed by atoms with Crippen molar-refractivity contribution in [1.29, 1.82) is 0 Å². The van der Waals surface area contributed by atoms with Crippen LogP contribution in [0.3, 0.4) is 0 Å². The third kappa shape index (κ3) is 9.73. The number of ether oxygens (including phenoxy) is 2. The third-order valence-corrected chi connectivity index (χ3v) is 6.27. The molecule has 0 aliphatic carbocycles. The van der Waals surface area contributed by atoms with Crippen molar-refractivity contribution in [3.8, 4) is 0 Å². The van der Waals surface area contributed by atoms with Gasteiger partial charge in [-0.1, -0.05) is 76.9 Å². The van der Waals surface area contributed by atoms with Crippen LogP contribution in [-0.2, 0) is 28.7 Å². The summed E-state index contributed by atoms with van der Waals surface area (Å²) in [4.78, 5) is 64.1. The van der Waals surface area contributed by atoms with E-state index in [0.717, 1.165) is 11.8 Å². The molecule has 0 saturated carbocycles. The Morgan fingerprint density at radius 3 is 2.20 bits per heavy atom. The van der Waals surface area contributed by atoms with Gasteiger partial charge in [0.05, 0.1) is 0 Å². The number of aliphatic hydroxyl groups is 1. The quantitative estimate of drug-likeness (QED) is 0.0787. The Hall–Kier alpha value is -2.71. The standard InChI is InChI=1S/C24H29Cl3N4O8S/c1-12(32)17(21(36)38-11-24(25,26)27)31-19(35)16(20(31)40-13(2)33)28-18(34)15(14-9-7-6-8-10-14)29-30-22(37)39-23(3,4)5/h6-10,15-16,20,29,32H,11H2,1-5H3,(H,28,34)(H,30,37)/t15-,16?,20?/m0/s1. The number of esters is 1. The SMILES string of the molecule is CC(=O)SC1C(NC(=O)[C@@H](NNC(=O)OC(C)(C)C)c2ccccc2)C(=O)N1C(C(=O)OCC(Cl)(Cl)Cl)=C(C)O. The Kier molecular flexibility index (Phi) is 11.5. The summed E-state index contributed by atoms with van der Waals surface area (Å²) in [5, 5.41) is 11.1. The highest BCUT2D eigenvalue weighted by molar-refractivity contribution is 8.14. The van der Waals surface area contributed by atoms with E-state index >= 15 is 0 Å².